The van der Waals surface area contributed by atoms with E-state index in [9.17, 15) is 28.1 Å². The van der Waals surface area contributed by atoms with Crippen molar-refractivity contribution in [3.63, 3.8) is 0 Å². The third kappa shape index (κ3) is 5.89. The maximum atomic E-state index is 12.4. The fraction of sp³-hybridized carbons (Fsp3) is 0.0476. The molecule has 0 aliphatic heterocycles. The first-order chi connectivity index (χ1) is 15.2. The van der Waals surface area contributed by atoms with Crippen molar-refractivity contribution in [3.05, 3.63) is 94.5 Å². The van der Waals surface area contributed by atoms with Crippen LogP contribution in [0.4, 0.5) is 17.1 Å². The molecule has 0 aliphatic rings. The lowest BCUT2D eigenvalue weighted by molar-refractivity contribution is -0.384. The highest BCUT2D eigenvalue weighted by atomic mass is 32.2. The molecule has 0 radical (unpaired) electrons. The lowest BCUT2D eigenvalue weighted by atomic mass is 10.2. The molecule has 3 aromatic rings. The van der Waals surface area contributed by atoms with Gasteiger partial charge in [-0.05, 0) is 36.4 Å². The van der Waals surface area contributed by atoms with Gasteiger partial charge in [-0.1, -0.05) is 30.3 Å². The first-order valence-electron chi connectivity index (χ1n) is 9.25. The van der Waals surface area contributed by atoms with Crippen molar-refractivity contribution in [1.29, 1.82) is 0 Å². The standard InChI is InChI=1S/C21H18N4O6S/c26-20(14-22-21(27)15-6-4-9-18(12-15)25(28)29)23-16-7-5-8-17(13-16)24-32(30,31)19-10-2-1-3-11-19/h1-13,24H,14H2,(H,22,27)(H,23,26). The first-order valence-corrected chi connectivity index (χ1v) is 10.7. The number of anilines is 2. The van der Waals surface area contributed by atoms with Gasteiger partial charge in [0.25, 0.3) is 21.6 Å². The van der Waals surface area contributed by atoms with E-state index in [0.717, 1.165) is 6.07 Å². The van der Waals surface area contributed by atoms with Gasteiger partial charge >= 0.3 is 0 Å². The van der Waals surface area contributed by atoms with Gasteiger partial charge in [0, 0.05) is 23.4 Å². The van der Waals surface area contributed by atoms with Crippen LogP contribution >= 0.6 is 0 Å². The Balaban J connectivity index is 1.59. The lowest BCUT2D eigenvalue weighted by Crippen LogP contribution is -2.32. The van der Waals surface area contributed by atoms with E-state index in [4.69, 9.17) is 0 Å². The van der Waals surface area contributed by atoms with Crippen LogP contribution in [0.1, 0.15) is 10.4 Å². The number of amides is 2. The minimum Gasteiger partial charge on any atom is -0.343 e. The average Bonchev–Trinajstić information content (AvgIpc) is 2.78. The molecule has 10 nitrogen and oxygen atoms in total. The molecule has 0 aromatic heterocycles. The monoisotopic (exact) mass is 454 g/mol. The molecule has 0 unspecified atom stereocenters. The summed E-state index contributed by atoms with van der Waals surface area (Å²) < 4.78 is 27.3. The molecule has 0 aliphatic carbocycles. The topological polar surface area (TPSA) is 148 Å². The van der Waals surface area contributed by atoms with Crippen molar-refractivity contribution in [2.75, 3.05) is 16.6 Å². The summed E-state index contributed by atoms with van der Waals surface area (Å²) in [6.45, 7) is -0.387. The van der Waals surface area contributed by atoms with Gasteiger partial charge in [-0.25, -0.2) is 8.42 Å². The Kier molecular flexibility index (Phi) is 6.80. The van der Waals surface area contributed by atoms with Crippen LogP contribution < -0.4 is 15.4 Å². The molecule has 11 heteroatoms. The van der Waals surface area contributed by atoms with Crippen LogP contribution in [0, 0.1) is 10.1 Å². The fourth-order valence-corrected chi connectivity index (χ4v) is 3.77. The van der Waals surface area contributed by atoms with E-state index in [-0.39, 0.29) is 28.4 Å². The predicted octanol–water partition coefficient (Wildman–Crippen LogP) is 2.76. The lowest BCUT2D eigenvalue weighted by Gasteiger charge is -2.11. The van der Waals surface area contributed by atoms with E-state index >= 15 is 0 Å². The second-order valence-corrected chi connectivity index (χ2v) is 8.22. The van der Waals surface area contributed by atoms with Crippen molar-refractivity contribution in [3.8, 4) is 0 Å². The van der Waals surface area contributed by atoms with E-state index < -0.39 is 26.8 Å². The van der Waals surface area contributed by atoms with Gasteiger partial charge in [0.2, 0.25) is 5.91 Å². The second-order valence-electron chi connectivity index (χ2n) is 6.54. The number of rotatable bonds is 8. The largest absolute Gasteiger partial charge is 0.343 e. The molecule has 164 valence electrons. The van der Waals surface area contributed by atoms with Gasteiger partial charge in [-0.15, -0.1) is 0 Å². The zero-order chi connectivity index (χ0) is 23.1. The highest BCUT2D eigenvalue weighted by Crippen LogP contribution is 2.19. The molecule has 0 fully saturated rings. The molecular formula is C21H18N4O6S. The summed E-state index contributed by atoms with van der Waals surface area (Å²) in [6, 6.07) is 19.0. The summed E-state index contributed by atoms with van der Waals surface area (Å²) in [6.07, 6.45) is 0. The number of carbonyl (C=O) groups excluding carboxylic acids is 2. The first kappa shape index (κ1) is 22.4. The summed E-state index contributed by atoms with van der Waals surface area (Å²) in [4.78, 5) is 34.6. The summed E-state index contributed by atoms with van der Waals surface area (Å²) in [5, 5.41) is 15.7. The molecule has 0 saturated carbocycles. The van der Waals surface area contributed by atoms with Crippen LogP contribution in [-0.2, 0) is 14.8 Å². The van der Waals surface area contributed by atoms with Gasteiger partial charge in [0.1, 0.15) is 0 Å². The Hall–Kier alpha value is -4.25. The van der Waals surface area contributed by atoms with Crippen LogP contribution in [0.2, 0.25) is 0 Å². The molecule has 0 atom stereocenters. The highest BCUT2D eigenvalue weighted by molar-refractivity contribution is 7.92. The molecule has 0 bridgehead atoms. The van der Waals surface area contributed by atoms with Gasteiger partial charge in [-0.2, -0.15) is 0 Å². The van der Waals surface area contributed by atoms with Gasteiger partial charge in [0.05, 0.1) is 22.1 Å². The van der Waals surface area contributed by atoms with E-state index in [0.29, 0.717) is 5.69 Å². The number of nitrogens with zero attached hydrogens (tertiary/aromatic N) is 1. The maximum Gasteiger partial charge on any atom is 0.270 e. The molecule has 32 heavy (non-hydrogen) atoms. The minimum atomic E-state index is -3.79. The molecule has 0 spiro atoms. The summed E-state index contributed by atoms with van der Waals surface area (Å²) in [5.74, 6) is -1.21. The molecule has 0 heterocycles. The number of benzene rings is 3. The van der Waals surface area contributed by atoms with Gasteiger partial charge < -0.3 is 10.6 Å². The Morgan fingerprint density at radius 2 is 1.56 bits per heavy atom. The molecule has 3 rings (SSSR count). The zero-order valence-corrected chi connectivity index (χ0v) is 17.3. The molecule has 2 amide bonds. The van der Waals surface area contributed by atoms with Gasteiger partial charge in [-0.3, -0.25) is 24.4 Å². The Bertz CT molecular complexity index is 1260. The maximum absolute atomic E-state index is 12.4. The van der Waals surface area contributed by atoms with Crippen molar-refractivity contribution in [2.45, 2.75) is 4.90 Å². The molecular weight excluding hydrogens is 436 g/mol. The fourth-order valence-electron chi connectivity index (χ4n) is 2.70. The number of hydrogen-bond acceptors (Lipinski definition) is 6. The van der Waals surface area contributed by atoms with Crippen LogP contribution in [-0.4, -0.2) is 31.7 Å². The number of carbonyl (C=O) groups is 2. The predicted molar refractivity (Wildman–Crippen MR) is 118 cm³/mol. The normalized spacial score (nSPS) is 10.8. The smallest absolute Gasteiger partial charge is 0.270 e. The summed E-state index contributed by atoms with van der Waals surface area (Å²) >= 11 is 0. The van der Waals surface area contributed by atoms with E-state index in [1.165, 1.54) is 42.5 Å². The highest BCUT2D eigenvalue weighted by Gasteiger charge is 2.15. The quantitative estimate of drug-likeness (QED) is 0.352. The van der Waals surface area contributed by atoms with Crippen molar-refractivity contribution in [2.24, 2.45) is 0 Å². The number of non-ortho nitro benzene ring substituents is 1. The third-order valence-electron chi connectivity index (χ3n) is 4.18. The molecule has 3 N–H and O–H groups in total. The van der Waals surface area contributed by atoms with E-state index in [1.54, 1.807) is 30.3 Å². The third-order valence-corrected chi connectivity index (χ3v) is 5.58. The van der Waals surface area contributed by atoms with Crippen LogP contribution in [0.25, 0.3) is 0 Å². The number of nitro groups is 1. The summed E-state index contributed by atoms with van der Waals surface area (Å²) in [5.41, 5.74) is 0.362. The Morgan fingerprint density at radius 3 is 2.28 bits per heavy atom. The molecule has 0 saturated heterocycles. The Labute approximate surface area is 183 Å². The van der Waals surface area contributed by atoms with E-state index in [2.05, 4.69) is 15.4 Å². The average molecular weight is 454 g/mol. The van der Waals surface area contributed by atoms with E-state index in [1.807, 2.05) is 0 Å². The zero-order valence-electron chi connectivity index (χ0n) is 16.5. The van der Waals surface area contributed by atoms with Crippen molar-refractivity contribution < 1.29 is 22.9 Å². The van der Waals surface area contributed by atoms with Crippen LogP contribution in [0.5, 0.6) is 0 Å². The number of sulfonamides is 1. The summed E-state index contributed by atoms with van der Waals surface area (Å²) in [7, 11) is -3.79. The van der Waals surface area contributed by atoms with Crippen molar-refractivity contribution in [1.82, 2.24) is 5.32 Å². The SMILES string of the molecule is O=C(CNC(=O)c1cccc([N+](=O)[O-])c1)Nc1cccc(NS(=O)(=O)c2ccccc2)c1. The van der Waals surface area contributed by atoms with Crippen LogP contribution in [0.3, 0.4) is 0 Å². The number of nitro benzene ring substituents is 1. The van der Waals surface area contributed by atoms with Gasteiger partial charge in [0.15, 0.2) is 0 Å². The number of nitrogens with one attached hydrogen (secondary N) is 3. The van der Waals surface area contributed by atoms with Crippen LogP contribution in [0.15, 0.2) is 83.8 Å². The Morgan fingerprint density at radius 1 is 0.875 bits per heavy atom. The molecule has 3 aromatic carbocycles. The second kappa shape index (κ2) is 9.71. The minimum absolute atomic E-state index is 0.0457. The number of hydrogen-bond donors (Lipinski definition) is 3. The van der Waals surface area contributed by atoms with Crippen molar-refractivity contribution >= 4 is 38.9 Å².